The minimum absolute atomic E-state index is 0.643. The van der Waals surface area contributed by atoms with E-state index in [1.54, 1.807) is 18.0 Å². The van der Waals surface area contributed by atoms with Crippen LogP contribution in [0, 0.1) is 6.92 Å². The van der Waals surface area contributed by atoms with Crippen molar-refractivity contribution in [3.05, 3.63) is 89.7 Å². The molecule has 2 heterocycles. The van der Waals surface area contributed by atoms with Crippen LogP contribution in [0.15, 0.2) is 76.4 Å². The third-order valence-electron chi connectivity index (χ3n) is 4.12. The Bertz CT molecular complexity index is 977. The number of rotatable bonds is 6. The zero-order valence-electron chi connectivity index (χ0n) is 14.5. The molecule has 0 bridgehead atoms. The van der Waals surface area contributed by atoms with Crippen LogP contribution in [0.5, 0.6) is 0 Å². The molecule has 1 N–H and O–H groups in total. The van der Waals surface area contributed by atoms with E-state index in [2.05, 4.69) is 41.2 Å². The van der Waals surface area contributed by atoms with E-state index in [9.17, 15) is 0 Å². The monoisotopic (exact) mass is 361 g/mol. The molecule has 4 rings (SSSR count). The Hall–Kier alpha value is -2.79. The van der Waals surface area contributed by atoms with E-state index in [0.29, 0.717) is 11.6 Å². The highest BCUT2D eigenvalue weighted by atomic mass is 32.2. The zero-order chi connectivity index (χ0) is 17.8. The molecule has 4 nitrogen and oxygen atoms in total. The Morgan fingerprint density at radius 2 is 1.73 bits per heavy atom. The summed E-state index contributed by atoms with van der Waals surface area (Å²) in [5.41, 5.74) is 4.49. The van der Waals surface area contributed by atoms with Gasteiger partial charge in [-0.2, -0.15) is 0 Å². The lowest BCUT2D eigenvalue weighted by Gasteiger charge is -1.98. The van der Waals surface area contributed by atoms with Crippen molar-refractivity contribution in [2.75, 3.05) is 0 Å². The van der Waals surface area contributed by atoms with Gasteiger partial charge in [0.1, 0.15) is 0 Å². The van der Waals surface area contributed by atoms with Gasteiger partial charge in [0.05, 0.1) is 17.6 Å². The van der Waals surface area contributed by atoms with Gasteiger partial charge in [0.2, 0.25) is 5.89 Å². The predicted octanol–water partition coefficient (Wildman–Crippen LogP) is 5.26. The largest absolute Gasteiger partial charge is 0.440 e. The minimum Gasteiger partial charge on any atom is -0.440 e. The lowest BCUT2D eigenvalue weighted by molar-refractivity contribution is 0.530. The number of benzene rings is 2. The highest BCUT2D eigenvalue weighted by Crippen LogP contribution is 2.25. The number of aromatic amines is 1. The molecule has 0 atom stereocenters. The van der Waals surface area contributed by atoms with Crippen LogP contribution >= 0.6 is 11.8 Å². The van der Waals surface area contributed by atoms with Crippen LogP contribution < -0.4 is 0 Å². The molecule has 2 aromatic carbocycles. The van der Waals surface area contributed by atoms with Crippen molar-refractivity contribution in [1.29, 1.82) is 0 Å². The second-order valence-corrected chi connectivity index (χ2v) is 7.01. The Morgan fingerprint density at radius 1 is 1.00 bits per heavy atom. The van der Waals surface area contributed by atoms with Crippen molar-refractivity contribution in [2.24, 2.45) is 0 Å². The first-order valence-corrected chi connectivity index (χ1v) is 9.49. The number of oxazole rings is 1. The fraction of sp³-hybridized carbons (Fsp3) is 0.143. The number of nitrogens with zero attached hydrogens (tertiary/aromatic N) is 2. The molecule has 4 aromatic rings. The molecular formula is C21H19N3OS. The molecule has 130 valence electrons. The van der Waals surface area contributed by atoms with Crippen molar-refractivity contribution < 1.29 is 4.42 Å². The van der Waals surface area contributed by atoms with E-state index in [4.69, 9.17) is 9.40 Å². The number of imidazole rings is 1. The van der Waals surface area contributed by atoms with Crippen molar-refractivity contribution >= 4 is 11.8 Å². The molecule has 0 amide bonds. The molecule has 5 heteroatoms. The quantitative estimate of drug-likeness (QED) is 0.476. The van der Waals surface area contributed by atoms with Gasteiger partial charge in [-0.1, -0.05) is 72.4 Å². The third kappa shape index (κ3) is 3.89. The lowest BCUT2D eigenvalue weighted by atomic mass is 10.1. The molecule has 0 aliphatic rings. The summed E-state index contributed by atoms with van der Waals surface area (Å²) in [4.78, 5) is 12.5. The van der Waals surface area contributed by atoms with Crippen LogP contribution in [0.25, 0.3) is 11.3 Å². The molecule has 0 saturated carbocycles. The van der Waals surface area contributed by atoms with E-state index in [1.165, 1.54) is 5.56 Å². The average molecular weight is 361 g/mol. The average Bonchev–Trinajstić information content (AvgIpc) is 3.29. The van der Waals surface area contributed by atoms with Gasteiger partial charge in [-0.15, -0.1) is 0 Å². The highest BCUT2D eigenvalue weighted by molar-refractivity contribution is 7.98. The van der Waals surface area contributed by atoms with Gasteiger partial charge < -0.3 is 9.40 Å². The summed E-state index contributed by atoms with van der Waals surface area (Å²) in [6.45, 7) is 2.06. The van der Waals surface area contributed by atoms with Crippen molar-refractivity contribution in [3.8, 4) is 11.3 Å². The smallest absolute Gasteiger partial charge is 0.205 e. The maximum absolute atomic E-state index is 5.85. The summed E-state index contributed by atoms with van der Waals surface area (Å²) in [6.07, 6.45) is 2.61. The van der Waals surface area contributed by atoms with Gasteiger partial charge in [0.15, 0.2) is 10.9 Å². The molecule has 0 saturated heterocycles. The lowest BCUT2D eigenvalue weighted by Crippen LogP contribution is -1.90. The minimum atomic E-state index is 0.643. The van der Waals surface area contributed by atoms with E-state index in [-0.39, 0.29) is 0 Å². The van der Waals surface area contributed by atoms with Gasteiger partial charge in [-0.3, -0.25) is 0 Å². The molecule has 26 heavy (non-hydrogen) atoms. The van der Waals surface area contributed by atoms with Crippen LogP contribution in [0.3, 0.4) is 0 Å². The van der Waals surface area contributed by atoms with E-state index < -0.39 is 0 Å². The predicted molar refractivity (Wildman–Crippen MR) is 104 cm³/mol. The number of aromatic nitrogens is 3. The number of nitrogens with one attached hydrogen (secondary N) is 1. The maximum Gasteiger partial charge on any atom is 0.205 e. The number of thioether (sulfide) groups is 1. The van der Waals surface area contributed by atoms with E-state index in [1.807, 2.05) is 36.4 Å². The number of H-pyrrole nitrogens is 1. The van der Waals surface area contributed by atoms with Gasteiger partial charge in [-0.05, 0) is 12.5 Å². The second kappa shape index (κ2) is 7.62. The first-order chi connectivity index (χ1) is 12.8. The zero-order valence-corrected chi connectivity index (χ0v) is 15.3. The second-order valence-electron chi connectivity index (χ2n) is 6.05. The molecular weight excluding hydrogens is 342 g/mol. The summed E-state index contributed by atoms with van der Waals surface area (Å²) in [5.74, 6) is 2.14. The normalized spacial score (nSPS) is 11.0. The SMILES string of the molecule is Cc1[nH]c(SCc2ncc(-c3ccccc3)o2)nc1Cc1ccccc1. The molecule has 0 radical (unpaired) electrons. The molecule has 0 aliphatic carbocycles. The van der Waals surface area contributed by atoms with Crippen LogP contribution in [-0.2, 0) is 12.2 Å². The van der Waals surface area contributed by atoms with Crippen molar-refractivity contribution in [3.63, 3.8) is 0 Å². The van der Waals surface area contributed by atoms with E-state index in [0.717, 1.165) is 34.3 Å². The van der Waals surface area contributed by atoms with Gasteiger partial charge in [0.25, 0.3) is 0 Å². The standard InChI is InChI=1S/C21H19N3OS/c1-15-18(12-16-8-4-2-5-9-16)24-21(23-15)26-14-20-22-13-19(25-20)17-10-6-3-7-11-17/h2-11,13H,12,14H2,1H3,(H,23,24). The summed E-state index contributed by atoms with van der Waals surface area (Å²) < 4.78 is 5.85. The van der Waals surface area contributed by atoms with Crippen molar-refractivity contribution in [1.82, 2.24) is 15.0 Å². The first-order valence-electron chi connectivity index (χ1n) is 8.50. The highest BCUT2D eigenvalue weighted by Gasteiger charge is 2.11. The molecule has 0 fully saturated rings. The molecule has 0 aliphatic heterocycles. The van der Waals surface area contributed by atoms with Crippen LogP contribution in [-0.4, -0.2) is 15.0 Å². The van der Waals surface area contributed by atoms with Crippen LogP contribution in [0.4, 0.5) is 0 Å². The Morgan fingerprint density at radius 3 is 2.50 bits per heavy atom. The summed E-state index contributed by atoms with van der Waals surface area (Å²) >= 11 is 1.60. The molecule has 2 aromatic heterocycles. The fourth-order valence-electron chi connectivity index (χ4n) is 2.74. The number of hydrogen-bond acceptors (Lipinski definition) is 4. The number of hydrogen-bond donors (Lipinski definition) is 1. The van der Waals surface area contributed by atoms with Crippen LogP contribution in [0.1, 0.15) is 22.8 Å². The Balaban J connectivity index is 1.41. The Labute approximate surface area is 156 Å². The fourth-order valence-corrected chi connectivity index (χ4v) is 3.53. The summed E-state index contributed by atoms with van der Waals surface area (Å²) in [6, 6.07) is 20.4. The summed E-state index contributed by atoms with van der Waals surface area (Å²) in [5, 5.41) is 0.896. The maximum atomic E-state index is 5.85. The Kier molecular flexibility index (Phi) is 4.88. The summed E-state index contributed by atoms with van der Waals surface area (Å²) in [7, 11) is 0. The van der Waals surface area contributed by atoms with Crippen molar-refractivity contribution in [2.45, 2.75) is 24.3 Å². The van der Waals surface area contributed by atoms with Gasteiger partial charge in [-0.25, -0.2) is 9.97 Å². The van der Waals surface area contributed by atoms with E-state index >= 15 is 0 Å². The number of aryl methyl sites for hydroxylation is 1. The first kappa shape index (κ1) is 16.7. The molecule has 0 spiro atoms. The topological polar surface area (TPSA) is 54.7 Å². The molecule has 0 unspecified atom stereocenters. The van der Waals surface area contributed by atoms with Gasteiger partial charge >= 0.3 is 0 Å². The van der Waals surface area contributed by atoms with Crippen LogP contribution in [0.2, 0.25) is 0 Å². The third-order valence-corrected chi connectivity index (χ3v) is 4.98. The van der Waals surface area contributed by atoms with Gasteiger partial charge in [0, 0.05) is 17.7 Å².